The van der Waals surface area contributed by atoms with Gasteiger partial charge in [0.05, 0.1) is 5.92 Å². The number of carboxylic acids is 1. The number of hydrogen-bond acceptors (Lipinski definition) is 2. The number of amides is 1. The molecule has 2 aromatic rings. The monoisotopic (exact) mass is 336 g/mol. The van der Waals surface area contributed by atoms with E-state index in [1.165, 1.54) is 0 Å². The summed E-state index contributed by atoms with van der Waals surface area (Å²) in [5, 5.41) is 11.9. The zero-order valence-corrected chi connectivity index (χ0v) is 12.1. The molecule has 104 valence electrons. The van der Waals surface area contributed by atoms with Crippen molar-refractivity contribution in [2.24, 2.45) is 0 Å². The first-order valence-electron chi connectivity index (χ1n) is 5.98. The zero-order chi connectivity index (χ0) is 14.5. The van der Waals surface area contributed by atoms with Gasteiger partial charge in [-0.15, -0.1) is 0 Å². The van der Waals surface area contributed by atoms with Crippen molar-refractivity contribution in [3.8, 4) is 0 Å². The maximum Gasteiger partial charge on any atom is 0.312 e. The zero-order valence-electron chi connectivity index (χ0n) is 10.5. The van der Waals surface area contributed by atoms with Crippen LogP contribution in [0.2, 0.25) is 0 Å². The van der Waals surface area contributed by atoms with Crippen LogP contribution in [0, 0.1) is 0 Å². The SMILES string of the molecule is O=C(NCC(C(=O)O)c1ccccc1)c1cc(Br)c[nH]1. The molecular weight excluding hydrogens is 324 g/mol. The molecule has 1 unspecified atom stereocenters. The first-order chi connectivity index (χ1) is 9.58. The molecule has 5 nitrogen and oxygen atoms in total. The van der Waals surface area contributed by atoms with Gasteiger partial charge in [-0.1, -0.05) is 30.3 Å². The number of aromatic nitrogens is 1. The highest BCUT2D eigenvalue weighted by Crippen LogP contribution is 2.15. The molecule has 0 spiro atoms. The summed E-state index contributed by atoms with van der Waals surface area (Å²) in [5.74, 6) is -2.07. The first kappa shape index (κ1) is 14.3. The van der Waals surface area contributed by atoms with Crippen LogP contribution in [0.1, 0.15) is 22.0 Å². The third kappa shape index (κ3) is 3.48. The van der Waals surface area contributed by atoms with Crippen LogP contribution in [0.25, 0.3) is 0 Å². The lowest BCUT2D eigenvalue weighted by Gasteiger charge is -2.13. The van der Waals surface area contributed by atoms with Gasteiger partial charge in [0.25, 0.3) is 5.91 Å². The highest BCUT2D eigenvalue weighted by Gasteiger charge is 2.20. The molecule has 0 radical (unpaired) electrons. The number of rotatable bonds is 5. The average molecular weight is 337 g/mol. The van der Waals surface area contributed by atoms with Crippen molar-refractivity contribution in [3.63, 3.8) is 0 Å². The van der Waals surface area contributed by atoms with E-state index in [0.29, 0.717) is 11.3 Å². The maximum absolute atomic E-state index is 11.9. The lowest BCUT2D eigenvalue weighted by molar-refractivity contribution is -0.138. The highest BCUT2D eigenvalue weighted by atomic mass is 79.9. The smallest absolute Gasteiger partial charge is 0.312 e. The van der Waals surface area contributed by atoms with Gasteiger partial charge in [-0.3, -0.25) is 9.59 Å². The Morgan fingerprint density at radius 1 is 1.30 bits per heavy atom. The van der Waals surface area contributed by atoms with Crippen LogP contribution in [0.5, 0.6) is 0 Å². The molecule has 0 fully saturated rings. The second kappa shape index (κ2) is 6.38. The molecule has 0 saturated heterocycles. The fraction of sp³-hybridized carbons (Fsp3) is 0.143. The Bertz CT molecular complexity index is 610. The minimum Gasteiger partial charge on any atom is -0.481 e. The fourth-order valence-corrected chi connectivity index (χ4v) is 2.17. The van der Waals surface area contributed by atoms with Crippen LogP contribution in [0.4, 0.5) is 0 Å². The summed E-state index contributed by atoms with van der Waals surface area (Å²) >= 11 is 3.24. The summed E-state index contributed by atoms with van der Waals surface area (Å²) in [6.07, 6.45) is 1.64. The van der Waals surface area contributed by atoms with Gasteiger partial charge in [-0.2, -0.15) is 0 Å². The van der Waals surface area contributed by atoms with Gasteiger partial charge >= 0.3 is 5.97 Å². The van der Waals surface area contributed by atoms with Crippen LogP contribution in [0.3, 0.4) is 0 Å². The van der Waals surface area contributed by atoms with E-state index in [1.54, 1.807) is 36.5 Å². The van der Waals surface area contributed by atoms with Gasteiger partial charge in [0.15, 0.2) is 0 Å². The number of aliphatic carboxylic acids is 1. The molecule has 1 aromatic heterocycles. The molecule has 1 aromatic carbocycles. The van der Waals surface area contributed by atoms with E-state index < -0.39 is 11.9 Å². The van der Waals surface area contributed by atoms with Gasteiger partial charge < -0.3 is 15.4 Å². The largest absolute Gasteiger partial charge is 0.481 e. The summed E-state index contributed by atoms with van der Waals surface area (Å²) in [7, 11) is 0. The molecule has 1 amide bonds. The van der Waals surface area contributed by atoms with Gasteiger partial charge in [0, 0.05) is 17.2 Å². The Labute approximate surface area is 124 Å². The summed E-state index contributed by atoms with van der Waals surface area (Å²) in [4.78, 5) is 25.9. The van der Waals surface area contributed by atoms with E-state index in [0.717, 1.165) is 4.47 Å². The Balaban J connectivity index is 2.03. The number of H-pyrrole nitrogens is 1. The Morgan fingerprint density at radius 3 is 2.55 bits per heavy atom. The number of hydrogen-bond donors (Lipinski definition) is 3. The van der Waals surface area contributed by atoms with Crippen LogP contribution < -0.4 is 5.32 Å². The van der Waals surface area contributed by atoms with E-state index in [-0.39, 0.29) is 12.5 Å². The molecule has 3 N–H and O–H groups in total. The minimum atomic E-state index is -0.968. The lowest BCUT2D eigenvalue weighted by Crippen LogP contribution is -2.31. The first-order valence-corrected chi connectivity index (χ1v) is 6.77. The number of carbonyl (C=O) groups excluding carboxylic acids is 1. The molecule has 1 heterocycles. The summed E-state index contributed by atoms with van der Waals surface area (Å²) in [6.45, 7) is 0.0365. The molecule has 6 heteroatoms. The van der Waals surface area contributed by atoms with Crippen molar-refractivity contribution in [1.29, 1.82) is 0 Å². The molecule has 0 aliphatic carbocycles. The van der Waals surface area contributed by atoms with Crippen molar-refractivity contribution in [3.05, 3.63) is 58.3 Å². The Morgan fingerprint density at radius 2 is 2.00 bits per heavy atom. The summed E-state index contributed by atoms with van der Waals surface area (Å²) in [5.41, 5.74) is 1.04. The number of aromatic amines is 1. The number of halogens is 1. The Kier molecular flexibility index (Phi) is 4.57. The van der Waals surface area contributed by atoms with Crippen molar-refractivity contribution in [2.75, 3.05) is 6.54 Å². The normalized spacial score (nSPS) is 11.8. The van der Waals surface area contributed by atoms with Gasteiger partial charge in [0.1, 0.15) is 5.69 Å². The van der Waals surface area contributed by atoms with Gasteiger partial charge in [0.2, 0.25) is 0 Å². The second-order valence-corrected chi connectivity index (χ2v) is 5.16. The number of carbonyl (C=O) groups is 2. The quantitative estimate of drug-likeness (QED) is 0.783. The van der Waals surface area contributed by atoms with Crippen molar-refractivity contribution < 1.29 is 14.7 Å². The molecule has 0 aliphatic rings. The summed E-state index contributed by atoms with van der Waals surface area (Å²) in [6, 6.07) is 10.5. The van der Waals surface area contributed by atoms with E-state index >= 15 is 0 Å². The molecule has 2 rings (SSSR count). The molecular formula is C14H13BrN2O3. The van der Waals surface area contributed by atoms with Crippen molar-refractivity contribution in [2.45, 2.75) is 5.92 Å². The summed E-state index contributed by atoms with van der Waals surface area (Å²) < 4.78 is 0.764. The van der Waals surface area contributed by atoms with E-state index in [2.05, 4.69) is 26.2 Å². The van der Waals surface area contributed by atoms with Crippen LogP contribution >= 0.6 is 15.9 Å². The van der Waals surface area contributed by atoms with Crippen molar-refractivity contribution >= 4 is 27.8 Å². The predicted molar refractivity (Wildman–Crippen MR) is 77.6 cm³/mol. The third-order valence-electron chi connectivity index (χ3n) is 2.86. The highest BCUT2D eigenvalue weighted by molar-refractivity contribution is 9.10. The lowest BCUT2D eigenvalue weighted by atomic mass is 9.99. The van der Waals surface area contributed by atoms with E-state index in [9.17, 15) is 14.7 Å². The van der Waals surface area contributed by atoms with E-state index in [4.69, 9.17) is 0 Å². The molecule has 0 bridgehead atoms. The van der Waals surface area contributed by atoms with Gasteiger partial charge in [-0.05, 0) is 27.6 Å². The predicted octanol–water partition coefficient (Wildman–Crippen LogP) is 2.38. The van der Waals surface area contributed by atoms with E-state index in [1.807, 2.05) is 6.07 Å². The number of benzene rings is 1. The second-order valence-electron chi connectivity index (χ2n) is 4.24. The molecule has 20 heavy (non-hydrogen) atoms. The number of nitrogens with one attached hydrogen (secondary N) is 2. The number of carboxylic acid groups (broad SMARTS) is 1. The molecule has 0 aliphatic heterocycles. The van der Waals surface area contributed by atoms with Crippen LogP contribution in [0.15, 0.2) is 47.1 Å². The minimum absolute atomic E-state index is 0.0365. The standard InChI is InChI=1S/C14H13BrN2O3/c15-10-6-12(16-7-10)13(18)17-8-11(14(19)20)9-4-2-1-3-5-9/h1-7,11,16H,8H2,(H,17,18)(H,19,20). The van der Waals surface area contributed by atoms with Gasteiger partial charge in [-0.25, -0.2) is 0 Å². The average Bonchev–Trinajstić information content (AvgIpc) is 2.86. The fourth-order valence-electron chi connectivity index (χ4n) is 1.82. The topological polar surface area (TPSA) is 82.2 Å². The maximum atomic E-state index is 11.9. The van der Waals surface area contributed by atoms with Crippen molar-refractivity contribution in [1.82, 2.24) is 10.3 Å². The third-order valence-corrected chi connectivity index (χ3v) is 3.32. The Hall–Kier alpha value is -2.08. The van der Waals surface area contributed by atoms with Crippen LogP contribution in [-0.2, 0) is 4.79 Å². The van der Waals surface area contributed by atoms with Crippen LogP contribution in [-0.4, -0.2) is 28.5 Å². The molecule has 1 atom stereocenters. The molecule has 0 saturated carbocycles.